The van der Waals surface area contributed by atoms with Crippen molar-refractivity contribution in [3.63, 3.8) is 0 Å². The second-order valence-electron chi connectivity index (χ2n) is 6.96. The first-order valence-electron chi connectivity index (χ1n) is 8.78. The van der Waals surface area contributed by atoms with E-state index < -0.39 is 63.0 Å². The maximum Gasteiger partial charge on any atom is 0.438 e. The predicted molar refractivity (Wildman–Crippen MR) is 102 cm³/mol. The number of carbonyl (C=O) groups excluding carboxylic acids is 2. The highest BCUT2D eigenvalue weighted by atomic mass is 127. The zero-order chi connectivity index (χ0) is 24.5. The summed E-state index contributed by atoms with van der Waals surface area (Å²) in [5.74, 6) is -7.47. The second-order valence-corrected chi connectivity index (χ2v) is 9.61. The molecule has 0 unspecified atom stereocenters. The molecule has 0 heterocycles. The van der Waals surface area contributed by atoms with Crippen LogP contribution in [-0.2, 0) is 19.6 Å². The normalized spacial score (nSPS) is 16.1. The Hall–Kier alpha value is -1.62. The summed E-state index contributed by atoms with van der Waals surface area (Å²) >= 11 is 1.69. The summed E-state index contributed by atoms with van der Waals surface area (Å²) in [6, 6.07) is 2.87. The van der Waals surface area contributed by atoms with E-state index >= 15 is 0 Å². The Bertz CT molecular complexity index is 970. The molecule has 0 saturated heterocycles. The molecule has 15 heteroatoms. The van der Waals surface area contributed by atoms with Crippen molar-refractivity contribution in [2.75, 3.05) is 5.75 Å². The van der Waals surface area contributed by atoms with Crippen LogP contribution >= 0.6 is 22.6 Å². The van der Waals surface area contributed by atoms with Gasteiger partial charge in [0.05, 0.1) is 21.8 Å². The van der Waals surface area contributed by atoms with Crippen molar-refractivity contribution in [3.8, 4) is 5.75 Å². The van der Waals surface area contributed by atoms with Crippen LogP contribution < -0.4 is 4.74 Å². The van der Waals surface area contributed by atoms with E-state index in [9.17, 15) is 48.9 Å². The average molecular weight is 603 g/mol. The van der Waals surface area contributed by atoms with Gasteiger partial charge in [-0.2, -0.15) is 26.3 Å². The second kappa shape index (κ2) is 9.32. The Balaban J connectivity index is 2.49. The minimum Gasteiger partial charge on any atom is -0.748 e. The number of ether oxygens (including phenoxy) is 2. The molecule has 1 aromatic carbocycles. The first-order valence-corrected chi connectivity index (χ1v) is 11.4. The molecule has 0 aromatic heterocycles. The third-order valence-corrected chi connectivity index (χ3v) is 6.06. The van der Waals surface area contributed by atoms with Crippen molar-refractivity contribution in [2.24, 2.45) is 5.92 Å². The van der Waals surface area contributed by atoms with Crippen LogP contribution in [0.1, 0.15) is 36.0 Å². The number of hydrogen-bond donors (Lipinski definition) is 0. The van der Waals surface area contributed by atoms with Gasteiger partial charge in [-0.3, -0.25) is 4.79 Å². The van der Waals surface area contributed by atoms with Crippen LogP contribution in [0.5, 0.6) is 5.75 Å². The minimum atomic E-state index is -6.51. The summed E-state index contributed by atoms with van der Waals surface area (Å²) in [5.41, 5.74) is -6.62. The molecule has 1 aromatic rings. The fraction of sp³-hybridized carbons (Fsp3) is 0.529. The van der Waals surface area contributed by atoms with Crippen molar-refractivity contribution >= 4 is 44.6 Å². The zero-order valence-electron chi connectivity index (χ0n) is 15.8. The van der Waals surface area contributed by atoms with E-state index in [-0.39, 0.29) is 0 Å². The van der Waals surface area contributed by atoms with Gasteiger partial charge in [0, 0.05) is 3.57 Å². The topological polar surface area (TPSA) is 110 Å². The summed E-state index contributed by atoms with van der Waals surface area (Å²) in [5, 5.41) is 0. The third-order valence-electron chi connectivity index (χ3n) is 4.63. The highest BCUT2D eigenvalue weighted by Crippen LogP contribution is 2.47. The molecule has 0 radical (unpaired) electrons. The van der Waals surface area contributed by atoms with Gasteiger partial charge in [-0.05, 0) is 53.6 Å². The van der Waals surface area contributed by atoms with E-state index in [1.165, 1.54) is 0 Å². The largest absolute Gasteiger partial charge is 0.748 e. The van der Waals surface area contributed by atoms with Gasteiger partial charge < -0.3 is 14.0 Å². The lowest BCUT2D eigenvalue weighted by molar-refractivity contribution is -0.356. The first kappa shape index (κ1) is 26.6. The maximum atomic E-state index is 13.4. The highest BCUT2D eigenvalue weighted by molar-refractivity contribution is 14.1. The molecular weight excluding hydrogens is 589 g/mol. The summed E-state index contributed by atoms with van der Waals surface area (Å²) in [6.45, 7) is 0. The summed E-state index contributed by atoms with van der Waals surface area (Å²) < 4.78 is 122. The number of alkyl halides is 6. The van der Waals surface area contributed by atoms with Crippen molar-refractivity contribution < 1.29 is 58.4 Å². The van der Waals surface area contributed by atoms with Gasteiger partial charge in [0.1, 0.15) is 11.3 Å². The lowest BCUT2D eigenvalue weighted by atomic mass is 10.0. The number of rotatable bonds is 6. The molecule has 0 bridgehead atoms. The van der Waals surface area contributed by atoms with Gasteiger partial charge in [-0.25, -0.2) is 13.2 Å². The molecule has 0 aliphatic heterocycles. The van der Waals surface area contributed by atoms with Crippen molar-refractivity contribution in [3.05, 3.63) is 27.3 Å². The Morgan fingerprint density at radius 3 is 2.06 bits per heavy atom. The van der Waals surface area contributed by atoms with E-state index in [2.05, 4.69) is 4.74 Å². The Labute approximate surface area is 191 Å². The van der Waals surface area contributed by atoms with E-state index in [1.54, 1.807) is 22.6 Å². The molecule has 0 atom stereocenters. The van der Waals surface area contributed by atoms with Crippen LogP contribution in [0, 0.1) is 9.49 Å². The number of hydrogen-bond acceptors (Lipinski definition) is 7. The smallest absolute Gasteiger partial charge is 0.438 e. The van der Waals surface area contributed by atoms with E-state index in [0.29, 0.717) is 29.3 Å². The Morgan fingerprint density at radius 2 is 1.59 bits per heavy atom. The number of halogens is 7. The number of benzene rings is 1. The predicted octanol–water partition coefficient (Wildman–Crippen LogP) is 3.95. The highest BCUT2D eigenvalue weighted by Gasteiger charge is 2.75. The molecule has 7 nitrogen and oxygen atoms in total. The van der Waals surface area contributed by atoms with Gasteiger partial charge in [0.25, 0.3) is 0 Å². The van der Waals surface area contributed by atoms with Gasteiger partial charge >= 0.3 is 29.9 Å². The van der Waals surface area contributed by atoms with Gasteiger partial charge in [0.15, 0.2) is 0 Å². The van der Waals surface area contributed by atoms with Gasteiger partial charge in [-0.15, -0.1) is 0 Å². The first-order chi connectivity index (χ1) is 14.5. The molecule has 180 valence electrons. The molecule has 0 amide bonds. The summed E-state index contributed by atoms with van der Waals surface area (Å²) in [7, 11) is -6.18. The molecule has 1 fully saturated rings. The van der Waals surface area contributed by atoms with Crippen LogP contribution in [0.4, 0.5) is 26.3 Å². The summed E-state index contributed by atoms with van der Waals surface area (Å²) in [4.78, 5) is 24.6. The molecule has 1 aliphatic rings. The lowest BCUT2D eigenvalue weighted by Crippen LogP contribution is -2.63. The van der Waals surface area contributed by atoms with Gasteiger partial charge in [0.2, 0.25) is 0 Å². The quantitative estimate of drug-likeness (QED) is 0.159. The van der Waals surface area contributed by atoms with Crippen LogP contribution in [0.2, 0.25) is 0 Å². The molecule has 0 N–H and O–H groups in total. The lowest BCUT2D eigenvalue weighted by Gasteiger charge is -2.37. The van der Waals surface area contributed by atoms with E-state index in [0.717, 1.165) is 18.2 Å². The molecule has 32 heavy (non-hydrogen) atoms. The SMILES string of the molecule is O=C(OC(CS(=O)(=O)[O-])(C(F)(F)F)C(F)(F)F)c1ccc(I)cc1OC(=O)C1CCCC1. The van der Waals surface area contributed by atoms with E-state index in [1.807, 2.05) is 0 Å². The maximum absolute atomic E-state index is 13.4. The van der Waals surface area contributed by atoms with Crippen molar-refractivity contribution in [1.82, 2.24) is 0 Å². The Morgan fingerprint density at radius 1 is 1.06 bits per heavy atom. The third kappa shape index (κ3) is 6.03. The molecule has 1 aliphatic carbocycles. The molecule has 1 saturated carbocycles. The zero-order valence-corrected chi connectivity index (χ0v) is 18.7. The van der Waals surface area contributed by atoms with E-state index in [4.69, 9.17) is 4.74 Å². The average Bonchev–Trinajstić information content (AvgIpc) is 3.12. The molecular formula is C17H14F6IO7S-. The molecule has 0 spiro atoms. The van der Waals surface area contributed by atoms with Gasteiger partial charge in [-0.1, -0.05) is 12.8 Å². The van der Waals surface area contributed by atoms with Crippen LogP contribution in [0.3, 0.4) is 0 Å². The fourth-order valence-corrected chi connectivity index (χ4v) is 4.38. The number of carbonyl (C=O) groups is 2. The monoisotopic (exact) mass is 603 g/mol. The van der Waals surface area contributed by atoms with Crippen molar-refractivity contribution in [2.45, 2.75) is 43.6 Å². The van der Waals surface area contributed by atoms with Crippen LogP contribution in [-0.4, -0.2) is 48.6 Å². The molecule has 2 rings (SSSR count). The fourth-order valence-electron chi connectivity index (χ4n) is 3.03. The Kier molecular flexibility index (Phi) is 7.76. The minimum absolute atomic E-state index is 0.313. The van der Waals surface area contributed by atoms with Crippen LogP contribution in [0.25, 0.3) is 0 Å². The summed E-state index contributed by atoms with van der Waals surface area (Å²) in [6.07, 6.45) is -10.7. The van der Waals surface area contributed by atoms with Crippen molar-refractivity contribution in [1.29, 1.82) is 0 Å². The van der Waals surface area contributed by atoms with Crippen LogP contribution in [0.15, 0.2) is 18.2 Å². The standard InChI is InChI=1S/C17H15F6IO7S/c18-16(19,20)15(17(21,22)23,8-32(27,28)29)31-14(26)11-6-5-10(24)7-12(11)30-13(25)9-3-1-2-4-9/h5-7,9H,1-4,8H2,(H,27,28,29)/p-1. The number of esters is 2.